The normalized spacial score (nSPS) is 35.5. The van der Waals surface area contributed by atoms with E-state index in [1.165, 1.54) is 71.0 Å². The van der Waals surface area contributed by atoms with Crippen molar-refractivity contribution >= 4 is 0 Å². The maximum Gasteiger partial charge on any atom is 0.0108 e. The van der Waals surface area contributed by atoms with Crippen LogP contribution in [0.1, 0.15) is 72.1 Å². The zero-order valence-electron chi connectivity index (χ0n) is 14.0. The van der Waals surface area contributed by atoms with Crippen LogP contribution in [0.4, 0.5) is 0 Å². The molecule has 4 atom stereocenters. The van der Waals surface area contributed by atoms with Gasteiger partial charge in [-0.3, -0.25) is 0 Å². The van der Waals surface area contributed by atoms with E-state index in [1.54, 1.807) is 0 Å². The minimum atomic E-state index is 0.788. The van der Waals surface area contributed by atoms with Crippen molar-refractivity contribution in [3.05, 3.63) is 0 Å². The summed E-state index contributed by atoms with van der Waals surface area (Å²) >= 11 is 0. The van der Waals surface area contributed by atoms with Crippen LogP contribution in [0.25, 0.3) is 0 Å². The van der Waals surface area contributed by atoms with Gasteiger partial charge in [0.15, 0.2) is 0 Å². The molecule has 2 rings (SSSR count). The molecule has 4 unspecified atom stereocenters. The van der Waals surface area contributed by atoms with Crippen LogP contribution in [0.2, 0.25) is 0 Å². The van der Waals surface area contributed by atoms with Crippen molar-refractivity contribution in [2.75, 3.05) is 19.6 Å². The summed E-state index contributed by atoms with van der Waals surface area (Å²) in [6.45, 7) is 11.0. The van der Waals surface area contributed by atoms with E-state index >= 15 is 0 Å². The predicted molar refractivity (Wildman–Crippen MR) is 88.1 cm³/mol. The van der Waals surface area contributed by atoms with Gasteiger partial charge in [0.25, 0.3) is 0 Å². The van der Waals surface area contributed by atoms with Gasteiger partial charge in [0.05, 0.1) is 0 Å². The van der Waals surface area contributed by atoms with Crippen molar-refractivity contribution < 1.29 is 0 Å². The Bertz CT molecular complexity index is 266. The van der Waals surface area contributed by atoms with Crippen molar-refractivity contribution in [1.82, 2.24) is 10.2 Å². The molecule has 2 fully saturated rings. The van der Waals surface area contributed by atoms with E-state index in [2.05, 4.69) is 31.0 Å². The number of rotatable bonds is 7. The van der Waals surface area contributed by atoms with Gasteiger partial charge in [-0.15, -0.1) is 0 Å². The van der Waals surface area contributed by atoms with Crippen molar-refractivity contribution in [3.63, 3.8) is 0 Å². The molecule has 0 bridgehead atoms. The fourth-order valence-electron chi connectivity index (χ4n) is 4.40. The monoisotopic (exact) mass is 280 g/mol. The molecule has 1 aliphatic carbocycles. The minimum absolute atomic E-state index is 0.788. The number of nitrogens with one attached hydrogen (secondary N) is 1. The highest BCUT2D eigenvalue weighted by molar-refractivity contribution is 4.88. The van der Waals surface area contributed by atoms with E-state index in [4.69, 9.17) is 0 Å². The smallest absolute Gasteiger partial charge is 0.0108 e. The van der Waals surface area contributed by atoms with Gasteiger partial charge in [-0.25, -0.2) is 0 Å². The van der Waals surface area contributed by atoms with Crippen LogP contribution in [0.15, 0.2) is 0 Å². The maximum absolute atomic E-state index is 3.85. The third kappa shape index (κ3) is 4.46. The van der Waals surface area contributed by atoms with Gasteiger partial charge in [0.2, 0.25) is 0 Å². The summed E-state index contributed by atoms with van der Waals surface area (Å²) in [6, 6.07) is 1.62. The van der Waals surface area contributed by atoms with Gasteiger partial charge in [-0.05, 0) is 70.4 Å². The first-order valence-corrected chi connectivity index (χ1v) is 9.22. The van der Waals surface area contributed by atoms with Gasteiger partial charge in [-0.1, -0.05) is 26.7 Å². The van der Waals surface area contributed by atoms with E-state index in [9.17, 15) is 0 Å². The van der Waals surface area contributed by atoms with Gasteiger partial charge in [0, 0.05) is 18.6 Å². The molecule has 1 aliphatic heterocycles. The molecular weight excluding hydrogens is 244 g/mol. The van der Waals surface area contributed by atoms with E-state index < -0.39 is 0 Å². The number of nitrogens with zero attached hydrogens (tertiary/aromatic N) is 1. The number of hydrogen-bond donors (Lipinski definition) is 1. The Morgan fingerprint density at radius 1 is 1.10 bits per heavy atom. The number of likely N-dealkylation sites (tertiary alicyclic amines) is 1. The molecule has 1 saturated carbocycles. The quantitative estimate of drug-likeness (QED) is 0.756. The molecule has 2 aliphatic rings. The fourth-order valence-corrected chi connectivity index (χ4v) is 4.40. The Kier molecular flexibility index (Phi) is 6.83. The Balaban J connectivity index is 1.89. The average Bonchev–Trinajstić information content (AvgIpc) is 2.84. The maximum atomic E-state index is 3.85. The second-order valence-corrected chi connectivity index (χ2v) is 7.27. The first-order valence-electron chi connectivity index (χ1n) is 9.22. The summed E-state index contributed by atoms with van der Waals surface area (Å²) in [6.07, 6.45) is 11.3. The van der Waals surface area contributed by atoms with Crippen molar-refractivity contribution in [2.45, 2.75) is 84.2 Å². The standard InChI is InChI=1S/C18H36N2/c1-4-7-16-9-10-18(19-11-5-2)17(13-16)14-20-12-6-8-15(20)3/h15-19H,4-14H2,1-3H3. The fraction of sp³-hybridized carbons (Fsp3) is 1.00. The van der Waals surface area contributed by atoms with E-state index in [1.807, 2.05) is 0 Å². The average molecular weight is 280 g/mol. The highest BCUT2D eigenvalue weighted by atomic mass is 15.2. The van der Waals surface area contributed by atoms with Gasteiger partial charge < -0.3 is 10.2 Å². The van der Waals surface area contributed by atoms with Gasteiger partial charge in [-0.2, -0.15) is 0 Å². The Morgan fingerprint density at radius 3 is 2.60 bits per heavy atom. The molecule has 1 saturated heterocycles. The first kappa shape index (κ1) is 16.3. The highest BCUT2D eigenvalue weighted by Crippen LogP contribution is 2.34. The highest BCUT2D eigenvalue weighted by Gasteiger charge is 2.32. The van der Waals surface area contributed by atoms with Crippen LogP contribution in [-0.4, -0.2) is 36.6 Å². The zero-order chi connectivity index (χ0) is 14.4. The molecule has 1 N–H and O–H groups in total. The summed E-state index contributed by atoms with van der Waals surface area (Å²) in [5.74, 6) is 1.90. The lowest BCUT2D eigenvalue weighted by Crippen LogP contribution is -2.46. The predicted octanol–water partition coefficient (Wildman–Crippen LogP) is 4.06. The van der Waals surface area contributed by atoms with Crippen LogP contribution in [0.5, 0.6) is 0 Å². The lowest BCUT2D eigenvalue weighted by atomic mass is 9.76. The second kappa shape index (κ2) is 8.38. The molecule has 0 aromatic carbocycles. The Morgan fingerprint density at radius 2 is 1.95 bits per heavy atom. The largest absolute Gasteiger partial charge is 0.314 e. The minimum Gasteiger partial charge on any atom is -0.314 e. The van der Waals surface area contributed by atoms with Crippen LogP contribution < -0.4 is 5.32 Å². The lowest BCUT2D eigenvalue weighted by molar-refractivity contribution is 0.132. The summed E-state index contributed by atoms with van der Waals surface area (Å²) in [5.41, 5.74) is 0. The van der Waals surface area contributed by atoms with Crippen molar-refractivity contribution in [2.24, 2.45) is 11.8 Å². The van der Waals surface area contributed by atoms with Crippen LogP contribution >= 0.6 is 0 Å². The molecule has 2 nitrogen and oxygen atoms in total. The summed E-state index contributed by atoms with van der Waals surface area (Å²) < 4.78 is 0. The molecule has 0 aromatic rings. The molecule has 118 valence electrons. The summed E-state index contributed by atoms with van der Waals surface area (Å²) in [7, 11) is 0. The zero-order valence-corrected chi connectivity index (χ0v) is 14.0. The molecule has 1 heterocycles. The van der Waals surface area contributed by atoms with E-state index in [0.29, 0.717) is 0 Å². The van der Waals surface area contributed by atoms with Crippen LogP contribution in [-0.2, 0) is 0 Å². The first-order chi connectivity index (χ1) is 9.74. The summed E-state index contributed by atoms with van der Waals surface area (Å²) in [4.78, 5) is 2.76. The third-order valence-corrected chi connectivity index (χ3v) is 5.60. The second-order valence-electron chi connectivity index (χ2n) is 7.27. The van der Waals surface area contributed by atoms with Gasteiger partial charge in [0.1, 0.15) is 0 Å². The number of hydrogen-bond acceptors (Lipinski definition) is 2. The molecule has 0 spiro atoms. The molecule has 0 aromatic heterocycles. The SMILES string of the molecule is CCCNC1CCC(CCC)CC1CN1CCCC1C. The Hall–Kier alpha value is -0.0800. The van der Waals surface area contributed by atoms with Crippen molar-refractivity contribution in [1.29, 1.82) is 0 Å². The molecule has 20 heavy (non-hydrogen) atoms. The summed E-state index contributed by atoms with van der Waals surface area (Å²) in [5, 5.41) is 3.85. The van der Waals surface area contributed by atoms with Crippen LogP contribution in [0.3, 0.4) is 0 Å². The molecular formula is C18H36N2. The van der Waals surface area contributed by atoms with E-state index in [-0.39, 0.29) is 0 Å². The Labute approximate surface area is 126 Å². The molecule has 0 radical (unpaired) electrons. The van der Waals surface area contributed by atoms with Crippen LogP contribution in [0, 0.1) is 11.8 Å². The lowest BCUT2D eigenvalue weighted by Gasteiger charge is -2.39. The topological polar surface area (TPSA) is 15.3 Å². The van der Waals surface area contributed by atoms with Crippen molar-refractivity contribution in [3.8, 4) is 0 Å². The van der Waals surface area contributed by atoms with Gasteiger partial charge >= 0.3 is 0 Å². The third-order valence-electron chi connectivity index (χ3n) is 5.60. The van der Waals surface area contributed by atoms with E-state index in [0.717, 1.165) is 23.9 Å². The molecule has 0 amide bonds. The molecule has 2 heteroatoms.